The molecule has 0 unspecified atom stereocenters. The Bertz CT molecular complexity index is 991. The average molecular weight is 451 g/mol. The molecule has 0 bridgehead atoms. The minimum absolute atomic E-state index is 0.0387. The largest absolute Gasteiger partial charge is 0.362 e. The summed E-state index contributed by atoms with van der Waals surface area (Å²) in [5.74, 6) is -0.0528. The highest BCUT2D eigenvalue weighted by molar-refractivity contribution is 7.14. The van der Waals surface area contributed by atoms with Crippen molar-refractivity contribution in [2.24, 2.45) is 0 Å². The van der Waals surface area contributed by atoms with E-state index in [4.69, 9.17) is 11.6 Å². The molecule has 3 heterocycles. The molecule has 0 spiro atoms. The van der Waals surface area contributed by atoms with E-state index in [-0.39, 0.29) is 24.0 Å². The van der Waals surface area contributed by atoms with Crippen LogP contribution >= 0.6 is 22.9 Å². The van der Waals surface area contributed by atoms with Gasteiger partial charge < -0.3 is 15.1 Å². The minimum Gasteiger partial charge on any atom is -0.362 e. The number of aromatic nitrogens is 1. The van der Waals surface area contributed by atoms with Gasteiger partial charge in [-0.2, -0.15) is 0 Å². The molecular weight excluding hydrogens is 432 g/mol. The molecular formula is C18H19ClN6O4S. The first-order valence-corrected chi connectivity index (χ1v) is 10.6. The molecule has 2 aromatic rings. The minimum atomic E-state index is -0.445. The van der Waals surface area contributed by atoms with E-state index in [2.05, 4.69) is 10.3 Å². The summed E-state index contributed by atoms with van der Waals surface area (Å²) in [6, 6.07) is 4.44. The van der Waals surface area contributed by atoms with Crippen LogP contribution < -0.4 is 15.1 Å². The maximum Gasteiger partial charge on any atom is 0.323 e. The van der Waals surface area contributed by atoms with E-state index in [1.54, 1.807) is 27.3 Å². The number of carbonyl (C=O) groups is 2. The van der Waals surface area contributed by atoms with E-state index in [1.165, 1.54) is 17.4 Å². The van der Waals surface area contributed by atoms with Gasteiger partial charge in [0.25, 0.3) is 5.69 Å². The quantitative estimate of drug-likeness (QED) is 0.551. The molecule has 0 atom stereocenters. The maximum atomic E-state index is 12.7. The monoisotopic (exact) mass is 450 g/mol. The number of thiazole rings is 1. The fourth-order valence-corrected chi connectivity index (χ4v) is 4.54. The zero-order valence-corrected chi connectivity index (χ0v) is 17.5. The van der Waals surface area contributed by atoms with Gasteiger partial charge in [-0.05, 0) is 12.1 Å². The van der Waals surface area contributed by atoms with Crippen LogP contribution in [0.5, 0.6) is 0 Å². The molecule has 2 saturated heterocycles. The van der Waals surface area contributed by atoms with Crippen molar-refractivity contribution in [1.29, 1.82) is 0 Å². The number of hydrogen-bond donors (Lipinski definition) is 1. The molecule has 0 radical (unpaired) electrons. The van der Waals surface area contributed by atoms with Crippen molar-refractivity contribution in [3.05, 3.63) is 44.4 Å². The van der Waals surface area contributed by atoms with Crippen LogP contribution in [-0.2, 0) is 11.2 Å². The first kappa shape index (κ1) is 20.4. The molecule has 30 heavy (non-hydrogen) atoms. The van der Waals surface area contributed by atoms with E-state index in [1.807, 2.05) is 4.90 Å². The van der Waals surface area contributed by atoms with Crippen molar-refractivity contribution in [2.75, 3.05) is 49.1 Å². The predicted octanol–water partition coefficient (Wildman–Crippen LogP) is 2.13. The summed E-state index contributed by atoms with van der Waals surface area (Å²) in [6.45, 7) is 3.06. The number of hydrogen-bond acceptors (Lipinski definition) is 7. The maximum absolute atomic E-state index is 12.7. The highest BCUT2D eigenvalue weighted by Gasteiger charge is 2.27. The number of piperazine rings is 1. The van der Waals surface area contributed by atoms with Crippen LogP contribution in [0.15, 0.2) is 23.6 Å². The van der Waals surface area contributed by atoms with E-state index in [0.29, 0.717) is 60.8 Å². The van der Waals surface area contributed by atoms with Gasteiger partial charge in [0.05, 0.1) is 17.0 Å². The zero-order valence-electron chi connectivity index (χ0n) is 15.9. The number of halogens is 1. The summed E-state index contributed by atoms with van der Waals surface area (Å²) >= 11 is 7.23. The van der Waals surface area contributed by atoms with Crippen LogP contribution in [0.25, 0.3) is 0 Å². The Labute approximate surface area is 181 Å². The van der Waals surface area contributed by atoms with Gasteiger partial charge in [0, 0.05) is 55.7 Å². The number of benzene rings is 1. The summed E-state index contributed by atoms with van der Waals surface area (Å²) in [7, 11) is 0. The molecule has 1 aromatic carbocycles. The van der Waals surface area contributed by atoms with Gasteiger partial charge in [-0.25, -0.2) is 9.78 Å². The lowest BCUT2D eigenvalue weighted by Gasteiger charge is -2.35. The number of anilines is 2. The first-order chi connectivity index (χ1) is 14.4. The van der Waals surface area contributed by atoms with Crippen molar-refractivity contribution >= 4 is 51.4 Å². The molecule has 2 aliphatic rings. The van der Waals surface area contributed by atoms with Crippen LogP contribution in [-0.4, -0.2) is 66.0 Å². The summed E-state index contributed by atoms with van der Waals surface area (Å²) in [5.41, 5.74) is 1.10. The van der Waals surface area contributed by atoms with Crippen LogP contribution in [0.4, 0.5) is 21.3 Å². The number of nitrogens with zero attached hydrogens (tertiary/aromatic N) is 5. The van der Waals surface area contributed by atoms with Crippen molar-refractivity contribution in [1.82, 2.24) is 15.2 Å². The molecule has 2 fully saturated rings. The Hall–Kier alpha value is -2.92. The molecule has 158 valence electrons. The highest BCUT2D eigenvalue weighted by atomic mass is 35.5. The third-order valence-corrected chi connectivity index (χ3v) is 6.21. The second-order valence-corrected chi connectivity index (χ2v) is 8.21. The van der Waals surface area contributed by atoms with E-state index < -0.39 is 4.92 Å². The number of rotatable bonds is 5. The number of urea groups is 1. The zero-order chi connectivity index (χ0) is 21.3. The van der Waals surface area contributed by atoms with Crippen LogP contribution in [0.2, 0.25) is 5.02 Å². The number of nitrogens with one attached hydrogen (secondary N) is 1. The summed E-state index contributed by atoms with van der Waals surface area (Å²) in [4.78, 5) is 44.9. The second-order valence-electron chi connectivity index (χ2n) is 6.94. The van der Waals surface area contributed by atoms with Gasteiger partial charge in [-0.3, -0.25) is 19.8 Å². The molecule has 4 rings (SSSR count). The number of nitro groups is 1. The first-order valence-electron chi connectivity index (χ1n) is 9.39. The second kappa shape index (κ2) is 8.44. The van der Waals surface area contributed by atoms with Gasteiger partial charge in [0.15, 0.2) is 5.13 Å². The SMILES string of the molecule is O=C(Cc1csc(N2CCNC2=O)n1)N1CCN(c2ccc(Cl)cc2[N+](=O)[O-])CC1. The lowest BCUT2D eigenvalue weighted by molar-refractivity contribution is -0.384. The van der Waals surface area contributed by atoms with Crippen molar-refractivity contribution in [3.63, 3.8) is 0 Å². The van der Waals surface area contributed by atoms with Gasteiger partial charge in [0.2, 0.25) is 5.91 Å². The molecule has 0 aliphatic carbocycles. The topological polar surface area (TPSA) is 112 Å². The molecule has 1 N–H and O–H groups in total. The van der Waals surface area contributed by atoms with Crippen LogP contribution in [0.3, 0.4) is 0 Å². The Morgan fingerprint density at radius 3 is 2.70 bits per heavy atom. The van der Waals surface area contributed by atoms with Gasteiger partial charge >= 0.3 is 6.03 Å². The summed E-state index contributed by atoms with van der Waals surface area (Å²) in [5, 5.41) is 16.8. The summed E-state index contributed by atoms with van der Waals surface area (Å²) < 4.78 is 0. The van der Waals surface area contributed by atoms with Crippen LogP contribution in [0, 0.1) is 10.1 Å². The van der Waals surface area contributed by atoms with Crippen molar-refractivity contribution in [3.8, 4) is 0 Å². The van der Waals surface area contributed by atoms with Crippen molar-refractivity contribution < 1.29 is 14.5 Å². The van der Waals surface area contributed by atoms with E-state index in [9.17, 15) is 19.7 Å². The third kappa shape index (κ3) is 4.17. The Kier molecular flexibility index (Phi) is 5.73. The molecule has 0 saturated carbocycles. The molecule has 10 nitrogen and oxygen atoms in total. The van der Waals surface area contributed by atoms with Crippen LogP contribution in [0.1, 0.15) is 5.69 Å². The fourth-order valence-electron chi connectivity index (χ4n) is 3.53. The van der Waals surface area contributed by atoms with Gasteiger partial charge in [-0.15, -0.1) is 11.3 Å². The number of nitro benzene ring substituents is 1. The normalized spacial score (nSPS) is 16.7. The number of amides is 3. The molecule has 1 aromatic heterocycles. The third-order valence-electron chi connectivity index (χ3n) is 5.07. The average Bonchev–Trinajstić information content (AvgIpc) is 3.36. The number of carbonyl (C=O) groups excluding carboxylic acids is 2. The fraction of sp³-hybridized carbons (Fsp3) is 0.389. The van der Waals surface area contributed by atoms with E-state index in [0.717, 1.165) is 0 Å². The molecule has 2 aliphatic heterocycles. The van der Waals surface area contributed by atoms with Gasteiger partial charge in [0.1, 0.15) is 5.69 Å². The van der Waals surface area contributed by atoms with Gasteiger partial charge in [-0.1, -0.05) is 11.6 Å². The predicted molar refractivity (Wildman–Crippen MR) is 113 cm³/mol. The highest BCUT2D eigenvalue weighted by Crippen LogP contribution is 2.31. The van der Waals surface area contributed by atoms with E-state index >= 15 is 0 Å². The lowest BCUT2D eigenvalue weighted by Crippen LogP contribution is -2.49. The Balaban J connectivity index is 1.36. The lowest BCUT2D eigenvalue weighted by atomic mass is 10.2. The molecule has 12 heteroatoms. The summed E-state index contributed by atoms with van der Waals surface area (Å²) in [6.07, 6.45) is 0.160. The Morgan fingerprint density at radius 2 is 2.03 bits per heavy atom. The Morgan fingerprint density at radius 1 is 1.27 bits per heavy atom. The molecule has 3 amide bonds. The standard InChI is InChI=1S/C18H19ClN6O4S/c19-12-1-2-14(15(9-12)25(28)29)22-5-7-23(8-6-22)16(26)10-13-11-30-18(21-13)24-4-3-20-17(24)27/h1-2,9,11H,3-8,10H2,(H,20,27). The van der Waals surface area contributed by atoms with Crippen molar-refractivity contribution in [2.45, 2.75) is 6.42 Å². The smallest absolute Gasteiger partial charge is 0.323 e.